The van der Waals surface area contributed by atoms with Gasteiger partial charge in [-0.05, 0) is 37.6 Å². The quantitative estimate of drug-likeness (QED) is 0.541. The molecule has 0 bridgehead atoms. The van der Waals surface area contributed by atoms with Crippen molar-refractivity contribution in [3.05, 3.63) is 34.7 Å². The number of primary amides is 1. The van der Waals surface area contributed by atoms with Gasteiger partial charge in [0.25, 0.3) is 5.91 Å². The molecule has 2 aromatic rings. The van der Waals surface area contributed by atoms with Crippen LogP contribution in [0, 0.1) is 0 Å². The van der Waals surface area contributed by atoms with Gasteiger partial charge >= 0.3 is 0 Å². The number of nitrogens with two attached hydrogens (primary N) is 2. The molecule has 132 valence electrons. The van der Waals surface area contributed by atoms with Gasteiger partial charge in [-0.3, -0.25) is 9.59 Å². The molecule has 1 aromatic heterocycles. The second-order valence-electron chi connectivity index (χ2n) is 5.82. The van der Waals surface area contributed by atoms with Crippen LogP contribution in [0.3, 0.4) is 0 Å². The van der Waals surface area contributed by atoms with Crippen LogP contribution in [0.2, 0.25) is 0 Å². The summed E-state index contributed by atoms with van der Waals surface area (Å²) in [7, 11) is 0. The molecule has 0 unspecified atom stereocenters. The molecule has 1 fully saturated rings. The van der Waals surface area contributed by atoms with E-state index in [2.05, 4.69) is 20.9 Å². The summed E-state index contributed by atoms with van der Waals surface area (Å²) in [5.41, 5.74) is 12.2. The van der Waals surface area contributed by atoms with Crippen molar-refractivity contribution in [1.29, 1.82) is 0 Å². The van der Waals surface area contributed by atoms with Crippen molar-refractivity contribution in [2.75, 3.05) is 24.1 Å². The Labute approximate surface area is 149 Å². The first-order chi connectivity index (χ1) is 12.0. The first-order valence-corrected chi connectivity index (χ1v) is 8.79. The normalized spacial score (nSPS) is 17.0. The summed E-state index contributed by atoms with van der Waals surface area (Å²) in [6, 6.07) is 6.83. The lowest BCUT2D eigenvalue weighted by molar-refractivity contribution is 0.0934. The predicted molar refractivity (Wildman–Crippen MR) is 98.1 cm³/mol. The first kappa shape index (κ1) is 17.2. The Morgan fingerprint density at radius 3 is 2.92 bits per heavy atom. The van der Waals surface area contributed by atoms with E-state index in [1.807, 2.05) is 0 Å². The van der Waals surface area contributed by atoms with Crippen LogP contribution in [0.4, 0.5) is 16.6 Å². The molecule has 9 heteroatoms. The minimum Gasteiger partial charge on any atom is -0.382 e. The van der Waals surface area contributed by atoms with Gasteiger partial charge in [0.1, 0.15) is 10.7 Å². The van der Waals surface area contributed by atoms with Gasteiger partial charge in [-0.15, -0.1) is 0 Å². The molecule has 1 aromatic carbocycles. The maximum absolute atomic E-state index is 12.4. The summed E-state index contributed by atoms with van der Waals surface area (Å²) in [6.45, 7) is 1.74. The minimum absolute atomic E-state index is 0.103. The lowest BCUT2D eigenvalue weighted by atomic mass is 10.1. The molecule has 7 N–H and O–H groups in total. The van der Waals surface area contributed by atoms with Crippen LogP contribution >= 0.6 is 11.3 Å². The SMILES string of the molecule is NC(=O)c1cccc(Nc2nc(N)c(C(=O)N[C@H]3CCCNC3)s2)c1. The average molecular weight is 360 g/mol. The largest absolute Gasteiger partial charge is 0.382 e. The maximum Gasteiger partial charge on any atom is 0.265 e. The molecule has 2 heterocycles. The van der Waals surface area contributed by atoms with Gasteiger partial charge in [0.2, 0.25) is 5.91 Å². The number of benzene rings is 1. The summed E-state index contributed by atoms with van der Waals surface area (Å²) in [5, 5.41) is 9.75. The summed E-state index contributed by atoms with van der Waals surface area (Å²) < 4.78 is 0. The number of rotatable bonds is 5. The van der Waals surface area contributed by atoms with Gasteiger partial charge in [-0.1, -0.05) is 17.4 Å². The number of hydrogen-bond acceptors (Lipinski definition) is 7. The molecule has 0 radical (unpaired) electrons. The third kappa shape index (κ3) is 4.25. The van der Waals surface area contributed by atoms with Crippen molar-refractivity contribution >= 4 is 39.8 Å². The highest BCUT2D eigenvalue weighted by Crippen LogP contribution is 2.28. The zero-order chi connectivity index (χ0) is 17.8. The van der Waals surface area contributed by atoms with Crippen LogP contribution in [0.15, 0.2) is 24.3 Å². The molecule has 25 heavy (non-hydrogen) atoms. The molecule has 1 aliphatic rings. The van der Waals surface area contributed by atoms with Gasteiger partial charge in [0.15, 0.2) is 5.13 Å². The van der Waals surface area contributed by atoms with Crippen LogP contribution < -0.4 is 27.4 Å². The third-order valence-corrected chi connectivity index (χ3v) is 4.88. The van der Waals surface area contributed by atoms with E-state index in [0.29, 0.717) is 21.3 Å². The standard InChI is InChI=1S/C16H20N6O2S/c17-13-12(15(24)20-11-5-2-6-19-8-11)25-16(22-13)21-10-4-1-3-9(7-10)14(18)23/h1,3-4,7,11,19H,2,5-6,8,17H2,(H2,18,23)(H,20,24)(H,21,22)/t11-/m0/s1. The van der Waals surface area contributed by atoms with E-state index in [1.165, 1.54) is 11.3 Å². The second kappa shape index (κ2) is 7.49. The van der Waals surface area contributed by atoms with Crippen LogP contribution in [0.1, 0.15) is 32.9 Å². The van der Waals surface area contributed by atoms with Crippen molar-refractivity contribution in [3.63, 3.8) is 0 Å². The van der Waals surface area contributed by atoms with Crippen molar-refractivity contribution in [3.8, 4) is 0 Å². The number of aromatic nitrogens is 1. The van der Waals surface area contributed by atoms with E-state index in [4.69, 9.17) is 11.5 Å². The Morgan fingerprint density at radius 1 is 1.36 bits per heavy atom. The van der Waals surface area contributed by atoms with Crippen molar-refractivity contribution in [2.24, 2.45) is 5.73 Å². The lowest BCUT2D eigenvalue weighted by Crippen LogP contribution is -2.45. The van der Waals surface area contributed by atoms with Gasteiger partial charge in [0.05, 0.1) is 0 Å². The Morgan fingerprint density at radius 2 is 2.20 bits per heavy atom. The van der Waals surface area contributed by atoms with Crippen LogP contribution in [-0.4, -0.2) is 35.9 Å². The third-order valence-electron chi connectivity index (χ3n) is 3.89. The minimum atomic E-state index is -0.511. The van der Waals surface area contributed by atoms with E-state index in [-0.39, 0.29) is 17.8 Å². The Kier molecular flexibility index (Phi) is 5.15. The molecule has 0 spiro atoms. The van der Waals surface area contributed by atoms with Gasteiger partial charge in [-0.25, -0.2) is 4.98 Å². The Balaban J connectivity index is 1.70. The molecule has 8 nitrogen and oxygen atoms in total. The number of carbonyl (C=O) groups is 2. The van der Waals surface area contributed by atoms with Crippen molar-refractivity contribution in [2.45, 2.75) is 18.9 Å². The van der Waals surface area contributed by atoms with Crippen molar-refractivity contribution < 1.29 is 9.59 Å². The summed E-state index contributed by atoms with van der Waals surface area (Å²) in [4.78, 5) is 28.2. The van der Waals surface area contributed by atoms with Gasteiger partial charge < -0.3 is 27.4 Å². The predicted octanol–water partition coefficient (Wildman–Crippen LogP) is 1.05. The fourth-order valence-corrected chi connectivity index (χ4v) is 3.46. The number of carbonyl (C=O) groups excluding carboxylic acids is 2. The monoisotopic (exact) mass is 360 g/mol. The van der Waals surface area contributed by atoms with Crippen LogP contribution in [-0.2, 0) is 0 Å². The highest BCUT2D eigenvalue weighted by atomic mass is 32.1. The number of nitrogens with zero attached hydrogens (tertiary/aromatic N) is 1. The van der Waals surface area contributed by atoms with E-state index in [0.717, 1.165) is 25.9 Å². The summed E-state index contributed by atoms with van der Waals surface area (Å²) in [5.74, 6) is -0.550. The number of nitrogens with one attached hydrogen (secondary N) is 3. The Bertz CT molecular complexity index is 785. The van der Waals surface area contributed by atoms with Gasteiger partial charge in [-0.2, -0.15) is 0 Å². The average Bonchev–Trinajstić information content (AvgIpc) is 2.96. The maximum atomic E-state index is 12.4. The second-order valence-corrected chi connectivity index (χ2v) is 6.82. The summed E-state index contributed by atoms with van der Waals surface area (Å²) >= 11 is 1.17. The smallest absolute Gasteiger partial charge is 0.265 e. The molecule has 2 amide bonds. The van der Waals surface area contributed by atoms with Gasteiger partial charge in [0, 0.05) is 23.8 Å². The fourth-order valence-electron chi connectivity index (χ4n) is 2.65. The van der Waals surface area contributed by atoms with E-state index < -0.39 is 5.91 Å². The van der Waals surface area contributed by atoms with Crippen LogP contribution in [0.25, 0.3) is 0 Å². The molecular formula is C16H20N6O2S. The number of piperidine rings is 1. The lowest BCUT2D eigenvalue weighted by Gasteiger charge is -2.23. The van der Waals surface area contributed by atoms with E-state index in [1.54, 1.807) is 24.3 Å². The Hall–Kier alpha value is -2.65. The number of amides is 2. The zero-order valence-corrected chi connectivity index (χ0v) is 14.4. The zero-order valence-electron chi connectivity index (χ0n) is 13.5. The molecular weight excluding hydrogens is 340 g/mol. The summed E-state index contributed by atoms with van der Waals surface area (Å²) in [6.07, 6.45) is 1.98. The highest BCUT2D eigenvalue weighted by Gasteiger charge is 2.21. The molecule has 0 aliphatic carbocycles. The molecule has 1 atom stereocenters. The number of nitrogen functional groups attached to an aromatic ring is 1. The highest BCUT2D eigenvalue weighted by molar-refractivity contribution is 7.18. The van der Waals surface area contributed by atoms with Crippen molar-refractivity contribution in [1.82, 2.24) is 15.6 Å². The number of anilines is 3. The molecule has 1 saturated heterocycles. The molecule has 1 aliphatic heterocycles. The van der Waals surface area contributed by atoms with E-state index >= 15 is 0 Å². The van der Waals surface area contributed by atoms with E-state index in [9.17, 15) is 9.59 Å². The number of thiazole rings is 1. The first-order valence-electron chi connectivity index (χ1n) is 7.97. The van der Waals surface area contributed by atoms with Crippen LogP contribution in [0.5, 0.6) is 0 Å². The molecule has 0 saturated carbocycles. The fraction of sp³-hybridized carbons (Fsp3) is 0.312. The topological polar surface area (TPSA) is 135 Å². The molecule has 3 rings (SSSR count). The number of hydrogen-bond donors (Lipinski definition) is 5.